The third-order valence-corrected chi connectivity index (χ3v) is 3.32. The van der Waals surface area contributed by atoms with Crippen molar-refractivity contribution in [2.45, 2.75) is 20.4 Å². The molecule has 0 spiro atoms. The number of nitro groups is 1. The molecule has 0 aliphatic carbocycles. The van der Waals surface area contributed by atoms with Crippen LogP contribution in [-0.4, -0.2) is 38.1 Å². The van der Waals surface area contributed by atoms with Gasteiger partial charge in [0.2, 0.25) is 11.7 Å². The third kappa shape index (κ3) is 3.98. The quantitative estimate of drug-likeness (QED) is 0.321. The van der Waals surface area contributed by atoms with Crippen molar-refractivity contribution in [3.63, 3.8) is 0 Å². The molecule has 0 radical (unpaired) electrons. The zero-order chi connectivity index (χ0) is 17.0. The van der Waals surface area contributed by atoms with Crippen molar-refractivity contribution in [3.8, 4) is 0 Å². The lowest BCUT2D eigenvalue weighted by Gasteiger charge is -2.19. The van der Waals surface area contributed by atoms with Gasteiger partial charge in [-0.15, -0.1) is 0 Å². The second-order valence-corrected chi connectivity index (χ2v) is 5.06. The van der Waals surface area contributed by atoms with Crippen LogP contribution in [0.15, 0.2) is 11.6 Å². The van der Waals surface area contributed by atoms with Crippen molar-refractivity contribution < 1.29 is 19.2 Å². The number of aromatic nitrogens is 2. The summed E-state index contributed by atoms with van der Waals surface area (Å²) in [5, 5.41) is 14.1. The van der Waals surface area contributed by atoms with Crippen LogP contribution in [0.1, 0.15) is 19.7 Å². The Labute approximate surface area is 134 Å². The van der Waals surface area contributed by atoms with E-state index in [-0.39, 0.29) is 30.7 Å². The Morgan fingerprint density at radius 1 is 1.52 bits per heavy atom. The van der Waals surface area contributed by atoms with Gasteiger partial charge in [0, 0.05) is 19.3 Å². The number of imidazole rings is 1. The van der Waals surface area contributed by atoms with E-state index in [0.29, 0.717) is 5.70 Å². The molecule has 11 nitrogen and oxygen atoms in total. The normalized spacial score (nSPS) is 13.7. The molecule has 2 rings (SSSR count). The summed E-state index contributed by atoms with van der Waals surface area (Å²) in [5.41, 5.74) is 2.95. The number of ether oxygens (including phenoxy) is 1. The van der Waals surface area contributed by atoms with Crippen LogP contribution in [0.4, 0.5) is 5.82 Å². The number of hydrogen-bond acceptors (Lipinski definition) is 9. The predicted molar refractivity (Wildman–Crippen MR) is 79.9 cm³/mol. The zero-order valence-electron chi connectivity index (χ0n) is 12.3. The van der Waals surface area contributed by atoms with Crippen molar-refractivity contribution >= 4 is 35.3 Å². The van der Waals surface area contributed by atoms with Gasteiger partial charge < -0.3 is 14.9 Å². The van der Waals surface area contributed by atoms with Crippen LogP contribution in [0, 0.1) is 10.1 Å². The molecular weight excluding hydrogens is 328 g/mol. The van der Waals surface area contributed by atoms with Crippen LogP contribution < -0.4 is 10.3 Å². The van der Waals surface area contributed by atoms with Crippen LogP contribution in [-0.2, 0) is 20.9 Å². The summed E-state index contributed by atoms with van der Waals surface area (Å²) in [5.74, 6) is -0.784. The molecule has 0 bridgehead atoms. The number of hydrogen-bond donors (Lipinski definition) is 2. The Kier molecular flexibility index (Phi) is 5.18. The number of carbonyl (C=O) groups is 2. The second kappa shape index (κ2) is 7.11. The van der Waals surface area contributed by atoms with Crippen LogP contribution in [0.5, 0.6) is 0 Å². The van der Waals surface area contributed by atoms with Crippen molar-refractivity contribution in [1.82, 2.24) is 24.9 Å². The SMILES string of the molecule is CC(=O)NN1NSC=C1c1ncc([N+](=O)[O-])n1CCOC(C)=O. The minimum absolute atomic E-state index is 0.0342. The van der Waals surface area contributed by atoms with Gasteiger partial charge in [-0.2, -0.15) is 4.83 Å². The van der Waals surface area contributed by atoms with E-state index in [9.17, 15) is 19.7 Å². The van der Waals surface area contributed by atoms with E-state index in [1.165, 1.54) is 35.5 Å². The molecule has 0 fully saturated rings. The summed E-state index contributed by atoms with van der Waals surface area (Å²) >= 11 is 1.17. The van der Waals surface area contributed by atoms with Gasteiger partial charge in [-0.3, -0.25) is 15.0 Å². The molecule has 2 heterocycles. The van der Waals surface area contributed by atoms with Crippen molar-refractivity contribution in [2.24, 2.45) is 0 Å². The molecule has 1 aromatic rings. The number of esters is 1. The Morgan fingerprint density at radius 2 is 2.26 bits per heavy atom. The first-order valence-corrected chi connectivity index (χ1v) is 7.30. The lowest BCUT2D eigenvalue weighted by Crippen LogP contribution is -2.43. The van der Waals surface area contributed by atoms with Gasteiger partial charge in [-0.05, 0) is 16.9 Å². The van der Waals surface area contributed by atoms with Crippen molar-refractivity contribution in [3.05, 3.63) is 27.5 Å². The van der Waals surface area contributed by atoms with Crippen LogP contribution in [0.25, 0.3) is 5.70 Å². The van der Waals surface area contributed by atoms with Crippen LogP contribution in [0.3, 0.4) is 0 Å². The van der Waals surface area contributed by atoms with Gasteiger partial charge in [0.15, 0.2) is 5.70 Å². The number of hydrazine groups is 2. The molecule has 1 aromatic heterocycles. The molecule has 0 aromatic carbocycles. The molecule has 1 aliphatic heterocycles. The Morgan fingerprint density at radius 3 is 2.87 bits per heavy atom. The fourth-order valence-corrected chi connectivity index (χ4v) is 2.47. The van der Waals surface area contributed by atoms with E-state index in [1.54, 1.807) is 5.41 Å². The third-order valence-electron chi connectivity index (χ3n) is 2.70. The first-order valence-electron chi connectivity index (χ1n) is 6.42. The molecule has 124 valence electrons. The summed E-state index contributed by atoms with van der Waals surface area (Å²) in [6, 6.07) is 0. The minimum atomic E-state index is -0.580. The monoisotopic (exact) mass is 342 g/mol. The van der Waals surface area contributed by atoms with E-state index in [1.807, 2.05) is 0 Å². The minimum Gasteiger partial charge on any atom is -0.462 e. The maximum absolute atomic E-state index is 11.2. The second-order valence-electron chi connectivity index (χ2n) is 4.40. The molecule has 0 saturated carbocycles. The highest BCUT2D eigenvalue weighted by atomic mass is 32.2. The van der Waals surface area contributed by atoms with E-state index >= 15 is 0 Å². The topological polar surface area (TPSA) is 132 Å². The molecule has 12 heteroatoms. The van der Waals surface area contributed by atoms with E-state index in [0.717, 1.165) is 6.20 Å². The molecule has 1 aliphatic rings. The fraction of sp³-hybridized carbons (Fsp3) is 0.364. The highest BCUT2D eigenvalue weighted by Crippen LogP contribution is 2.27. The Bertz CT molecular complexity index is 672. The highest BCUT2D eigenvalue weighted by molar-refractivity contribution is 8.00. The zero-order valence-corrected chi connectivity index (χ0v) is 13.1. The molecule has 1 amide bonds. The number of amides is 1. The number of nitrogens with one attached hydrogen (secondary N) is 2. The molecular formula is C11H14N6O5S. The van der Waals surface area contributed by atoms with E-state index < -0.39 is 10.9 Å². The van der Waals surface area contributed by atoms with Gasteiger partial charge in [0.1, 0.15) is 19.3 Å². The number of carbonyl (C=O) groups excluding carboxylic acids is 2. The summed E-state index contributed by atoms with van der Waals surface area (Å²) in [4.78, 5) is 39.4. The number of rotatable bonds is 6. The smallest absolute Gasteiger partial charge is 0.343 e. The van der Waals surface area contributed by atoms with Crippen molar-refractivity contribution in [1.29, 1.82) is 0 Å². The molecule has 2 N–H and O–H groups in total. The average Bonchev–Trinajstić information content (AvgIpc) is 3.04. The first-order chi connectivity index (χ1) is 10.9. The van der Waals surface area contributed by atoms with E-state index in [2.05, 4.69) is 15.2 Å². The Hall–Kier alpha value is -2.60. The summed E-state index contributed by atoms with van der Waals surface area (Å²) in [6.45, 7) is 2.61. The molecule has 0 unspecified atom stereocenters. The first kappa shape index (κ1) is 16.8. The van der Waals surface area contributed by atoms with Gasteiger partial charge in [-0.1, -0.05) is 0 Å². The van der Waals surface area contributed by atoms with Crippen LogP contribution >= 0.6 is 11.9 Å². The van der Waals surface area contributed by atoms with Gasteiger partial charge in [0.05, 0.1) is 0 Å². The lowest BCUT2D eigenvalue weighted by atomic mass is 10.4. The predicted octanol–water partition coefficient (Wildman–Crippen LogP) is 0.172. The maximum atomic E-state index is 11.2. The molecule has 0 atom stereocenters. The molecule has 0 saturated heterocycles. The number of nitrogens with zero attached hydrogens (tertiary/aromatic N) is 4. The Balaban J connectivity index is 2.28. The lowest BCUT2D eigenvalue weighted by molar-refractivity contribution is -0.392. The summed E-state index contributed by atoms with van der Waals surface area (Å²) in [6.07, 6.45) is 1.11. The van der Waals surface area contributed by atoms with Gasteiger partial charge >= 0.3 is 11.8 Å². The summed E-state index contributed by atoms with van der Waals surface area (Å²) < 4.78 is 6.13. The largest absolute Gasteiger partial charge is 0.462 e. The van der Waals surface area contributed by atoms with Crippen molar-refractivity contribution in [2.75, 3.05) is 6.61 Å². The maximum Gasteiger partial charge on any atom is 0.343 e. The average molecular weight is 342 g/mol. The fourth-order valence-electron chi connectivity index (χ4n) is 1.85. The summed E-state index contributed by atoms with van der Waals surface area (Å²) in [7, 11) is 0. The molecule has 23 heavy (non-hydrogen) atoms. The van der Waals surface area contributed by atoms with Gasteiger partial charge in [-0.25, -0.2) is 14.7 Å². The van der Waals surface area contributed by atoms with Crippen LogP contribution in [0.2, 0.25) is 0 Å². The standard InChI is InChI=1S/C11H14N6O5S/c1-7(18)13-16-9(6-23-14-16)11-12-5-10(17(20)21)15(11)3-4-22-8(2)19/h5-6,14H,3-4H2,1-2H3,(H,13,18). The van der Waals surface area contributed by atoms with E-state index in [4.69, 9.17) is 4.74 Å². The van der Waals surface area contributed by atoms with Gasteiger partial charge in [0.25, 0.3) is 0 Å². The highest BCUT2D eigenvalue weighted by Gasteiger charge is 2.29.